The first kappa shape index (κ1) is 24.6. The third-order valence-corrected chi connectivity index (χ3v) is 6.15. The third-order valence-electron chi connectivity index (χ3n) is 6.15. The first-order valence-corrected chi connectivity index (χ1v) is 11.4. The molecule has 0 spiro atoms. The molecule has 7 heteroatoms. The molecular formula is C26H34N4O3. The first-order chi connectivity index (χ1) is 15.8. The Morgan fingerprint density at radius 1 is 1.24 bits per heavy atom. The zero-order valence-electron chi connectivity index (χ0n) is 20.2. The van der Waals surface area contributed by atoms with Crippen molar-refractivity contribution >= 4 is 17.7 Å². The lowest BCUT2D eigenvalue weighted by Crippen LogP contribution is -2.36. The second kappa shape index (κ2) is 11.2. The van der Waals surface area contributed by atoms with Crippen LogP contribution in [0.25, 0.3) is 6.08 Å². The number of nitrogens with one attached hydrogen (secondary N) is 1. The predicted molar refractivity (Wildman–Crippen MR) is 130 cm³/mol. The Kier molecular flexibility index (Phi) is 8.32. The molecule has 176 valence electrons. The molecule has 0 saturated carbocycles. The van der Waals surface area contributed by atoms with Gasteiger partial charge in [0.05, 0.1) is 31.9 Å². The molecule has 1 saturated heterocycles. The minimum absolute atomic E-state index is 0.0893. The van der Waals surface area contributed by atoms with E-state index >= 15 is 0 Å². The van der Waals surface area contributed by atoms with Gasteiger partial charge in [-0.2, -0.15) is 5.26 Å². The van der Waals surface area contributed by atoms with E-state index in [0.717, 1.165) is 54.5 Å². The molecule has 1 aromatic carbocycles. The van der Waals surface area contributed by atoms with Gasteiger partial charge in [0.15, 0.2) is 0 Å². The fraction of sp³-hybridized carbons (Fsp3) is 0.462. The van der Waals surface area contributed by atoms with Crippen LogP contribution in [-0.2, 0) is 14.3 Å². The van der Waals surface area contributed by atoms with Gasteiger partial charge in [0, 0.05) is 37.3 Å². The number of rotatable bonds is 8. The van der Waals surface area contributed by atoms with Crippen LogP contribution in [0.3, 0.4) is 0 Å². The van der Waals surface area contributed by atoms with E-state index in [-0.39, 0.29) is 23.6 Å². The van der Waals surface area contributed by atoms with E-state index in [1.807, 2.05) is 39.0 Å². The Morgan fingerprint density at radius 3 is 2.52 bits per heavy atom. The normalized spacial score (nSPS) is 16.2. The van der Waals surface area contributed by atoms with Crippen molar-refractivity contribution in [3.8, 4) is 6.07 Å². The molecule has 1 aliphatic rings. The van der Waals surface area contributed by atoms with Crippen LogP contribution in [-0.4, -0.2) is 50.5 Å². The maximum Gasteiger partial charge on any atom is 0.262 e. The molecule has 3 rings (SSSR count). The number of morpholine rings is 1. The number of aromatic nitrogens is 1. The van der Waals surface area contributed by atoms with E-state index in [4.69, 9.17) is 9.47 Å². The van der Waals surface area contributed by atoms with Crippen molar-refractivity contribution in [1.29, 1.82) is 5.26 Å². The third kappa shape index (κ3) is 5.84. The standard InChI is InChI=1S/C26H34N4O3/c1-18-14-23(21(4)30(18)19(2)17-32-5)15-24(16-27)26(31)28-20(3)22-6-8-25(9-7-22)29-10-12-33-13-11-29/h6-9,14-15,19-20H,10-13,17H2,1-5H3,(H,28,31)/b24-15+. The molecule has 2 atom stereocenters. The number of nitrogens with zero attached hydrogens (tertiary/aromatic N) is 3. The molecule has 0 radical (unpaired) electrons. The summed E-state index contributed by atoms with van der Waals surface area (Å²) in [5.41, 5.74) is 5.16. The van der Waals surface area contributed by atoms with Crippen molar-refractivity contribution in [2.75, 3.05) is 44.9 Å². The van der Waals surface area contributed by atoms with Gasteiger partial charge >= 0.3 is 0 Å². The Morgan fingerprint density at radius 2 is 1.91 bits per heavy atom. The molecule has 7 nitrogen and oxygen atoms in total. The number of benzene rings is 1. The number of nitriles is 1. The Hall–Kier alpha value is -3.08. The van der Waals surface area contributed by atoms with E-state index in [2.05, 4.69) is 39.9 Å². The number of methoxy groups -OCH3 is 1. The number of hydrogen-bond acceptors (Lipinski definition) is 5. The molecule has 0 aliphatic carbocycles. The highest BCUT2D eigenvalue weighted by Gasteiger charge is 2.18. The Labute approximate surface area is 196 Å². The van der Waals surface area contributed by atoms with Gasteiger partial charge in [-0.25, -0.2) is 0 Å². The molecule has 1 aromatic heterocycles. The van der Waals surface area contributed by atoms with Crippen molar-refractivity contribution in [2.45, 2.75) is 39.8 Å². The summed E-state index contributed by atoms with van der Waals surface area (Å²) >= 11 is 0. The maximum absolute atomic E-state index is 12.9. The van der Waals surface area contributed by atoms with Gasteiger partial charge in [0.1, 0.15) is 11.6 Å². The zero-order valence-corrected chi connectivity index (χ0v) is 20.2. The second-order valence-electron chi connectivity index (χ2n) is 8.56. The highest BCUT2D eigenvalue weighted by molar-refractivity contribution is 6.02. The summed E-state index contributed by atoms with van der Waals surface area (Å²) < 4.78 is 12.9. The van der Waals surface area contributed by atoms with Crippen LogP contribution in [0.1, 0.15) is 48.4 Å². The van der Waals surface area contributed by atoms with Crippen molar-refractivity contribution in [3.05, 3.63) is 58.4 Å². The van der Waals surface area contributed by atoms with Crippen LogP contribution in [0.15, 0.2) is 35.9 Å². The van der Waals surface area contributed by atoms with Crippen LogP contribution in [0.5, 0.6) is 0 Å². The van der Waals surface area contributed by atoms with Crippen molar-refractivity contribution in [2.24, 2.45) is 0 Å². The SMILES string of the molecule is COCC(C)n1c(C)cc(/C=C(\C#N)C(=O)NC(C)c2ccc(N3CCOCC3)cc2)c1C. The van der Waals surface area contributed by atoms with Crippen LogP contribution in [0.2, 0.25) is 0 Å². The van der Waals surface area contributed by atoms with E-state index in [0.29, 0.717) is 6.61 Å². The molecule has 1 amide bonds. The largest absolute Gasteiger partial charge is 0.383 e. The number of ether oxygens (including phenoxy) is 2. The summed E-state index contributed by atoms with van der Waals surface area (Å²) in [4.78, 5) is 15.2. The summed E-state index contributed by atoms with van der Waals surface area (Å²) in [6, 6.07) is 12.2. The van der Waals surface area contributed by atoms with Crippen LogP contribution >= 0.6 is 0 Å². The summed E-state index contributed by atoms with van der Waals surface area (Å²) in [5, 5.41) is 12.6. The molecule has 1 N–H and O–H groups in total. The van der Waals surface area contributed by atoms with Gasteiger partial charge in [-0.15, -0.1) is 0 Å². The van der Waals surface area contributed by atoms with Crippen molar-refractivity contribution in [3.63, 3.8) is 0 Å². The molecule has 33 heavy (non-hydrogen) atoms. The average Bonchev–Trinajstić information content (AvgIpc) is 3.10. The van der Waals surface area contributed by atoms with E-state index < -0.39 is 0 Å². The van der Waals surface area contributed by atoms with Gasteiger partial charge < -0.3 is 24.3 Å². The minimum Gasteiger partial charge on any atom is -0.383 e. The summed E-state index contributed by atoms with van der Waals surface area (Å²) in [5.74, 6) is -0.378. The zero-order chi connectivity index (χ0) is 24.0. The lowest BCUT2D eigenvalue weighted by atomic mass is 10.1. The fourth-order valence-electron chi connectivity index (χ4n) is 4.40. The number of amides is 1. The highest BCUT2D eigenvalue weighted by atomic mass is 16.5. The molecule has 1 fully saturated rings. The van der Waals surface area contributed by atoms with Crippen molar-refractivity contribution < 1.29 is 14.3 Å². The van der Waals surface area contributed by atoms with E-state index in [9.17, 15) is 10.1 Å². The summed E-state index contributed by atoms with van der Waals surface area (Å²) in [7, 11) is 1.68. The Bertz CT molecular complexity index is 1030. The van der Waals surface area contributed by atoms with Crippen molar-refractivity contribution in [1.82, 2.24) is 9.88 Å². The second-order valence-corrected chi connectivity index (χ2v) is 8.56. The maximum atomic E-state index is 12.9. The number of carbonyl (C=O) groups excluding carboxylic acids is 1. The lowest BCUT2D eigenvalue weighted by Gasteiger charge is -2.29. The molecular weight excluding hydrogens is 416 g/mol. The number of hydrogen-bond donors (Lipinski definition) is 1. The minimum atomic E-state index is -0.378. The number of carbonyl (C=O) groups is 1. The van der Waals surface area contributed by atoms with Gasteiger partial charge in [-0.3, -0.25) is 4.79 Å². The molecule has 2 aromatic rings. The molecule has 0 bridgehead atoms. The van der Waals surface area contributed by atoms with E-state index in [1.54, 1.807) is 13.2 Å². The predicted octanol–water partition coefficient (Wildman–Crippen LogP) is 3.93. The Balaban J connectivity index is 1.71. The topological polar surface area (TPSA) is 79.5 Å². The number of anilines is 1. The highest BCUT2D eigenvalue weighted by Crippen LogP contribution is 2.24. The quantitative estimate of drug-likeness (QED) is 0.487. The van der Waals surface area contributed by atoms with Crippen LogP contribution < -0.4 is 10.2 Å². The van der Waals surface area contributed by atoms with Gasteiger partial charge in [-0.05, 0) is 63.1 Å². The monoisotopic (exact) mass is 450 g/mol. The summed E-state index contributed by atoms with van der Waals surface area (Å²) in [6.45, 7) is 11.9. The smallest absolute Gasteiger partial charge is 0.262 e. The van der Waals surface area contributed by atoms with E-state index in [1.165, 1.54) is 0 Å². The average molecular weight is 451 g/mol. The lowest BCUT2D eigenvalue weighted by molar-refractivity contribution is -0.117. The van der Waals surface area contributed by atoms with Crippen LogP contribution in [0.4, 0.5) is 5.69 Å². The summed E-state index contributed by atoms with van der Waals surface area (Å²) in [6.07, 6.45) is 1.67. The van der Waals surface area contributed by atoms with Gasteiger partial charge in [0.2, 0.25) is 0 Å². The van der Waals surface area contributed by atoms with Crippen LogP contribution in [0, 0.1) is 25.2 Å². The molecule has 2 unspecified atom stereocenters. The molecule has 2 heterocycles. The first-order valence-electron chi connectivity index (χ1n) is 11.4. The number of aryl methyl sites for hydroxylation is 1. The van der Waals surface area contributed by atoms with Gasteiger partial charge in [-0.1, -0.05) is 12.1 Å². The van der Waals surface area contributed by atoms with Gasteiger partial charge in [0.25, 0.3) is 5.91 Å². The fourth-order valence-corrected chi connectivity index (χ4v) is 4.40. The molecule has 1 aliphatic heterocycles.